The van der Waals surface area contributed by atoms with Gasteiger partial charge >= 0.3 is 12.1 Å². The van der Waals surface area contributed by atoms with Crippen molar-refractivity contribution in [3.8, 4) is 5.75 Å². The zero-order valence-corrected chi connectivity index (χ0v) is 24.0. The molecule has 2 fully saturated rings. The Morgan fingerprint density at radius 1 is 1.20 bits per heavy atom. The van der Waals surface area contributed by atoms with Crippen LogP contribution in [-0.4, -0.2) is 57.8 Å². The van der Waals surface area contributed by atoms with E-state index in [0.29, 0.717) is 55.7 Å². The topological polar surface area (TPSA) is 111 Å². The van der Waals surface area contributed by atoms with Gasteiger partial charge in [-0.1, -0.05) is 6.07 Å². The van der Waals surface area contributed by atoms with Crippen LogP contribution in [0.2, 0.25) is 0 Å². The van der Waals surface area contributed by atoms with Gasteiger partial charge in [-0.3, -0.25) is 4.72 Å². The first-order valence-corrected chi connectivity index (χ1v) is 15.0. The number of esters is 1. The lowest BCUT2D eigenvalue weighted by molar-refractivity contribution is 0.0287. The van der Waals surface area contributed by atoms with Gasteiger partial charge in [-0.15, -0.1) is 0 Å². The number of benzene rings is 2. The Kier molecular flexibility index (Phi) is 7.45. The highest BCUT2D eigenvalue weighted by atomic mass is 32.2. The van der Waals surface area contributed by atoms with Gasteiger partial charge in [0.25, 0.3) is 10.0 Å². The van der Waals surface area contributed by atoms with Crippen LogP contribution in [0.25, 0.3) is 0 Å². The minimum Gasteiger partial charge on any atom is -0.492 e. The van der Waals surface area contributed by atoms with Crippen molar-refractivity contribution < 1.29 is 36.6 Å². The fourth-order valence-electron chi connectivity index (χ4n) is 5.56. The number of ether oxygens (including phenoxy) is 3. The molecular formula is C29H35FN2O7S. The van der Waals surface area contributed by atoms with Crippen LogP contribution in [0.4, 0.5) is 14.9 Å². The number of anilines is 1. The molecule has 2 aromatic carbocycles. The molecule has 2 heterocycles. The number of likely N-dealkylation sites (tertiary alicyclic amines) is 1. The largest absolute Gasteiger partial charge is 0.492 e. The molecule has 9 nitrogen and oxygen atoms in total. The molecular weight excluding hydrogens is 539 g/mol. The maximum Gasteiger partial charge on any atom is 0.410 e. The van der Waals surface area contributed by atoms with Gasteiger partial charge in [0.05, 0.1) is 24.3 Å². The molecule has 2 aliphatic heterocycles. The van der Waals surface area contributed by atoms with E-state index in [2.05, 4.69) is 4.72 Å². The molecule has 1 saturated carbocycles. The van der Waals surface area contributed by atoms with Crippen LogP contribution in [-0.2, 0) is 25.9 Å². The predicted molar refractivity (Wildman–Crippen MR) is 146 cm³/mol. The van der Waals surface area contributed by atoms with E-state index in [0.717, 1.165) is 24.5 Å². The molecule has 1 amide bonds. The summed E-state index contributed by atoms with van der Waals surface area (Å²) in [5, 5.41) is 0. The van der Waals surface area contributed by atoms with E-state index in [4.69, 9.17) is 14.2 Å². The van der Waals surface area contributed by atoms with Crippen LogP contribution < -0.4 is 9.46 Å². The van der Waals surface area contributed by atoms with Gasteiger partial charge in [-0.05, 0) is 93.7 Å². The van der Waals surface area contributed by atoms with E-state index in [9.17, 15) is 22.4 Å². The molecule has 5 rings (SSSR count). The lowest BCUT2D eigenvalue weighted by atomic mass is 9.99. The third-order valence-corrected chi connectivity index (χ3v) is 9.12. The minimum absolute atomic E-state index is 0.0331. The van der Waals surface area contributed by atoms with Gasteiger partial charge in [-0.25, -0.2) is 22.4 Å². The molecule has 40 heavy (non-hydrogen) atoms. The predicted octanol–water partition coefficient (Wildman–Crippen LogP) is 5.10. The average Bonchev–Trinajstić information content (AvgIpc) is 3.53. The second-order valence-corrected chi connectivity index (χ2v) is 13.4. The third kappa shape index (κ3) is 5.89. The van der Waals surface area contributed by atoms with E-state index >= 15 is 0 Å². The Labute approximate surface area is 234 Å². The summed E-state index contributed by atoms with van der Waals surface area (Å²) >= 11 is 0. The van der Waals surface area contributed by atoms with Crippen molar-refractivity contribution in [2.24, 2.45) is 11.8 Å². The van der Waals surface area contributed by atoms with Gasteiger partial charge < -0.3 is 19.1 Å². The minimum atomic E-state index is -4.21. The van der Waals surface area contributed by atoms with Crippen molar-refractivity contribution in [3.05, 3.63) is 52.8 Å². The number of aryl methyl sites for hydroxylation is 1. The number of carbonyl (C=O) groups excluding carboxylic acids is 2. The van der Waals surface area contributed by atoms with Gasteiger partial charge in [0, 0.05) is 19.0 Å². The van der Waals surface area contributed by atoms with Crippen LogP contribution in [0.15, 0.2) is 35.2 Å². The summed E-state index contributed by atoms with van der Waals surface area (Å²) in [4.78, 5) is 26.7. The summed E-state index contributed by atoms with van der Waals surface area (Å²) in [5.74, 6) is -0.0761. The third-order valence-electron chi connectivity index (χ3n) is 7.66. The first kappa shape index (κ1) is 28.2. The lowest BCUT2D eigenvalue weighted by Gasteiger charge is -2.24. The number of nitrogens with one attached hydrogen (secondary N) is 1. The number of rotatable bonds is 7. The summed E-state index contributed by atoms with van der Waals surface area (Å²) in [7, 11) is -2.98. The molecule has 1 saturated heterocycles. The highest BCUT2D eigenvalue weighted by Gasteiger charge is 2.45. The fourth-order valence-corrected chi connectivity index (χ4v) is 6.89. The van der Waals surface area contributed by atoms with Crippen LogP contribution in [0.5, 0.6) is 5.75 Å². The first-order valence-electron chi connectivity index (χ1n) is 13.5. The van der Waals surface area contributed by atoms with E-state index < -0.39 is 27.4 Å². The Bertz CT molecular complexity index is 1440. The summed E-state index contributed by atoms with van der Waals surface area (Å²) in [5.41, 5.74) is 0.678. The second kappa shape index (κ2) is 10.6. The van der Waals surface area contributed by atoms with Crippen molar-refractivity contribution in [1.29, 1.82) is 0 Å². The molecule has 1 aliphatic carbocycles. The maximum absolute atomic E-state index is 14.3. The van der Waals surface area contributed by atoms with E-state index in [1.807, 2.05) is 20.8 Å². The van der Waals surface area contributed by atoms with Gasteiger partial charge in [0.1, 0.15) is 22.7 Å². The maximum atomic E-state index is 14.3. The molecule has 1 unspecified atom stereocenters. The number of carbonyl (C=O) groups is 2. The molecule has 0 spiro atoms. The first-order chi connectivity index (χ1) is 18.9. The average molecular weight is 575 g/mol. The van der Waals surface area contributed by atoms with E-state index in [1.54, 1.807) is 17.0 Å². The van der Waals surface area contributed by atoms with Gasteiger partial charge in [0.2, 0.25) is 0 Å². The molecule has 1 N–H and O–H groups in total. The van der Waals surface area contributed by atoms with E-state index in [-0.39, 0.29) is 28.2 Å². The highest BCUT2D eigenvalue weighted by molar-refractivity contribution is 7.92. The zero-order valence-electron chi connectivity index (χ0n) is 23.2. The summed E-state index contributed by atoms with van der Waals surface area (Å²) in [6.45, 7) is 6.94. The number of methoxy groups -OCH3 is 1. The number of hydrogen-bond donors (Lipinski definition) is 1. The standard InChI is InChI=1S/C29H35FN2O7S/c1-29(2,3)39-28(34)32-12-11-17(15-32)5-6-18-13-20(30)7-10-24(18)40(35,36)31-23-9-8-21-22-14-19(22)16-38-26(21)25(23)27(33)37-4/h7-10,13,17,19,22,31H,5-6,11-12,14-16H2,1-4H3/t17?,19-,22-/m0/s1. The molecule has 11 heteroatoms. The zero-order chi connectivity index (χ0) is 28.8. The van der Waals surface area contributed by atoms with Crippen molar-refractivity contribution >= 4 is 27.8 Å². The number of nitrogens with zero attached hydrogens (tertiary/aromatic N) is 1. The van der Waals surface area contributed by atoms with Gasteiger partial charge in [0.15, 0.2) is 0 Å². The Morgan fingerprint density at radius 2 is 1.98 bits per heavy atom. The van der Waals surface area contributed by atoms with Crippen molar-refractivity contribution in [1.82, 2.24) is 4.90 Å². The van der Waals surface area contributed by atoms with Crippen molar-refractivity contribution in [2.75, 3.05) is 31.5 Å². The van der Waals surface area contributed by atoms with Crippen LogP contribution in [0.1, 0.15) is 67.4 Å². The number of halogens is 1. The van der Waals surface area contributed by atoms with Crippen LogP contribution in [0, 0.1) is 17.7 Å². The summed E-state index contributed by atoms with van der Waals surface area (Å²) in [6, 6.07) is 6.89. The van der Waals surface area contributed by atoms with Crippen molar-refractivity contribution in [3.63, 3.8) is 0 Å². The van der Waals surface area contributed by atoms with Crippen LogP contribution in [0.3, 0.4) is 0 Å². The van der Waals surface area contributed by atoms with E-state index in [1.165, 1.54) is 19.2 Å². The summed E-state index contributed by atoms with van der Waals surface area (Å²) < 4.78 is 60.3. The summed E-state index contributed by atoms with van der Waals surface area (Å²) in [6.07, 6.45) is 2.19. The molecule has 3 atom stereocenters. The molecule has 0 bridgehead atoms. The second-order valence-electron chi connectivity index (χ2n) is 11.8. The Balaban J connectivity index is 1.34. The molecule has 0 radical (unpaired) electrons. The molecule has 3 aliphatic rings. The molecule has 216 valence electrons. The number of hydrogen-bond acceptors (Lipinski definition) is 7. The van der Waals surface area contributed by atoms with Crippen molar-refractivity contribution in [2.45, 2.75) is 62.9 Å². The molecule has 0 aromatic heterocycles. The lowest BCUT2D eigenvalue weighted by Crippen LogP contribution is -2.35. The smallest absolute Gasteiger partial charge is 0.410 e. The Hall–Kier alpha value is -3.34. The molecule has 2 aromatic rings. The van der Waals surface area contributed by atoms with Crippen LogP contribution >= 0.6 is 0 Å². The number of fused-ring (bicyclic) bond motifs is 3. The quantitative estimate of drug-likeness (QED) is 0.458. The monoisotopic (exact) mass is 574 g/mol. The SMILES string of the molecule is COC(=O)c1c(NS(=O)(=O)c2ccc(F)cc2CCC2CCN(C(=O)OC(C)(C)C)C2)ccc2c1OC[C@@H]1C[C@H]21. The highest BCUT2D eigenvalue weighted by Crippen LogP contribution is 2.55. The normalized spacial score (nSPS) is 21.6. The number of amides is 1. The fraction of sp³-hybridized carbons (Fsp3) is 0.517. The number of sulfonamides is 1. The Morgan fingerprint density at radius 3 is 2.70 bits per heavy atom. The van der Waals surface area contributed by atoms with Gasteiger partial charge in [-0.2, -0.15) is 0 Å².